The summed E-state index contributed by atoms with van der Waals surface area (Å²) in [6, 6.07) is 8.12. The number of hydrogen-bond acceptors (Lipinski definition) is 4. The summed E-state index contributed by atoms with van der Waals surface area (Å²) >= 11 is 3.51. The van der Waals surface area contributed by atoms with Gasteiger partial charge in [-0.05, 0) is 18.1 Å². The van der Waals surface area contributed by atoms with E-state index in [1.54, 1.807) is 7.11 Å². The number of rotatable bonds is 7. The second-order valence-corrected chi connectivity index (χ2v) is 5.52. The quantitative estimate of drug-likeness (QED) is 0.778. The molecule has 0 heterocycles. The van der Waals surface area contributed by atoms with Crippen LogP contribution in [0.2, 0.25) is 0 Å². The average Bonchev–Trinajstić information content (AvgIpc) is 2.41. The van der Waals surface area contributed by atoms with Crippen molar-refractivity contribution in [2.75, 3.05) is 20.3 Å². The topological polar surface area (TPSA) is 53.7 Å². The fourth-order valence-corrected chi connectivity index (χ4v) is 2.49. The van der Waals surface area contributed by atoms with E-state index in [0.717, 1.165) is 16.5 Å². The zero-order valence-corrected chi connectivity index (χ0v) is 12.6. The molecule has 1 aliphatic carbocycles. The molecule has 3 unspecified atom stereocenters. The summed E-state index contributed by atoms with van der Waals surface area (Å²) in [6.07, 6.45) is 0.916. The van der Waals surface area contributed by atoms with E-state index in [4.69, 9.17) is 19.9 Å². The molecule has 4 nitrogen and oxygen atoms in total. The highest BCUT2D eigenvalue weighted by molar-refractivity contribution is 9.10. The molecule has 106 valence electrons. The Morgan fingerprint density at radius 3 is 2.74 bits per heavy atom. The van der Waals surface area contributed by atoms with Crippen molar-refractivity contribution in [1.82, 2.24) is 0 Å². The highest BCUT2D eigenvalue weighted by atomic mass is 79.9. The van der Waals surface area contributed by atoms with E-state index < -0.39 is 0 Å². The van der Waals surface area contributed by atoms with Gasteiger partial charge in [-0.2, -0.15) is 0 Å². The fourth-order valence-electron chi connectivity index (χ4n) is 2.09. The van der Waals surface area contributed by atoms with Crippen LogP contribution in [0.1, 0.15) is 12.0 Å². The molecule has 0 saturated heterocycles. The summed E-state index contributed by atoms with van der Waals surface area (Å²) in [5.74, 6) is 0. The maximum absolute atomic E-state index is 5.94. The zero-order valence-electron chi connectivity index (χ0n) is 11.0. The molecule has 1 aromatic carbocycles. The molecule has 0 aliphatic heterocycles. The van der Waals surface area contributed by atoms with E-state index in [2.05, 4.69) is 15.9 Å². The van der Waals surface area contributed by atoms with Gasteiger partial charge in [-0.3, -0.25) is 0 Å². The van der Waals surface area contributed by atoms with E-state index in [1.165, 1.54) is 0 Å². The second-order valence-electron chi connectivity index (χ2n) is 4.67. The van der Waals surface area contributed by atoms with Gasteiger partial charge in [0, 0.05) is 17.6 Å². The number of methoxy groups -OCH3 is 1. The van der Waals surface area contributed by atoms with Crippen molar-refractivity contribution in [2.45, 2.75) is 31.3 Å². The highest BCUT2D eigenvalue weighted by Crippen LogP contribution is 2.27. The smallest absolute Gasteiger partial charge is 0.0989 e. The molecule has 0 spiro atoms. The Bertz CT molecular complexity index is 402. The summed E-state index contributed by atoms with van der Waals surface area (Å²) in [4.78, 5) is 0. The van der Waals surface area contributed by atoms with Crippen LogP contribution in [0.3, 0.4) is 0 Å². The molecule has 5 heteroatoms. The van der Waals surface area contributed by atoms with Crippen LogP contribution in [-0.4, -0.2) is 38.6 Å². The Kier molecular flexibility index (Phi) is 5.78. The van der Waals surface area contributed by atoms with Crippen molar-refractivity contribution in [3.63, 3.8) is 0 Å². The van der Waals surface area contributed by atoms with Gasteiger partial charge in [-0.1, -0.05) is 34.1 Å². The highest BCUT2D eigenvalue weighted by Gasteiger charge is 2.40. The van der Waals surface area contributed by atoms with Crippen molar-refractivity contribution in [2.24, 2.45) is 5.73 Å². The molecule has 2 N–H and O–H groups in total. The third-order valence-electron chi connectivity index (χ3n) is 3.30. The average molecular weight is 330 g/mol. The van der Waals surface area contributed by atoms with Crippen LogP contribution in [0.15, 0.2) is 28.7 Å². The maximum atomic E-state index is 5.94. The Labute approximate surface area is 122 Å². The van der Waals surface area contributed by atoms with Crippen LogP contribution in [0.25, 0.3) is 0 Å². The van der Waals surface area contributed by atoms with Crippen LogP contribution in [0.4, 0.5) is 0 Å². The lowest BCUT2D eigenvalue weighted by molar-refractivity contribution is -0.149. The van der Waals surface area contributed by atoms with E-state index >= 15 is 0 Å². The number of hydrogen-bond donors (Lipinski definition) is 1. The van der Waals surface area contributed by atoms with Gasteiger partial charge < -0.3 is 19.9 Å². The van der Waals surface area contributed by atoms with Gasteiger partial charge in [0.1, 0.15) is 0 Å². The first-order valence-electron chi connectivity index (χ1n) is 6.43. The summed E-state index contributed by atoms with van der Waals surface area (Å²) < 4.78 is 17.6. The van der Waals surface area contributed by atoms with Gasteiger partial charge in [-0.15, -0.1) is 0 Å². The molecule has 19 heavy (non-hydrogen) atoms. The first-order chi connectivity index (χ1) is 9.22. The molecule has 1 fully saturated rings. The molecule has 0 aromatic heterocycles. The van der Waals surface area contributed by atoms with Gasteiger partial charge in [0.05, 0.1) is 32.0 Å². The van der Waals surface area contributed by atoms with Gasteiger partial charge in [0.2, 0.25) is 0 Å². The SMILES string of the molecule is COCCOC1C(N)CC1OCc1ccccc1Br. The summed E-state index contributed by atoms with van der Waals surface area (Å²) in [6.45, 7) is 1.72. The predicted molar refractivity (Wildman–Crippen MR) is 76.9 cm³/mol. The Morgan fingerprint density at radius 2 is 2.05 bits per heavy atom. The van der Waals surface area contributed by atoms with E-state index in [1.807, 2.05) is 24.3 Å². The van der Waals surface area contributed by atoms with Crippen molar-refractivity contribution in [3.8, 4) is 0 Å². The third kappa shape index (κ3) is 4.00. The van der Waals surface area contributed by atoms with Crippen LogP contribution >= 0.6 is 15.9 Å². The number of benzene rings is 1. The third-order valence-corrected chi connectivity index (χ3v) is 4.08. The molecule has 3 atom stereocenters. The lowest BCUT2D eigenvalue weighted by Crippen LogP contribution is -2.58. The number of nitrogens with two attached hydrogens (primary N) is 1. The largest absolute Gasteiger partial charge is 0.382 e. The zero-order chi connectivity index (χ0) is 13.7. The van der Waals surface area contributed by atoms with Crippen molar-refractivity contribution in [1.29, 1.82) is 0 Å². The first-order valence-corrected chi connectivity index (χ1v) is 7.23. The molecule has 1 aliphatic rings. The summed E-state index contributed by atoms with van der Waals surface area (Å²) in [5, 5.41) is 0. The molecular formula is C14H20BrNO3. The molecular weight excluding hydrogens is 310 g/mol. The van der Waals surface area contributed by atoms with E-state index in [-0.39, 0.29) is 18.2 Å². The Hall–Kier alpha value is -0.460. The summed E-state index contributed by atoms with van der Waals surface area (Å²) in [7, 11) is 1.66. The minimum atomic E-state index is -0.0161. The van der Waals surface area contributed by atoms with Crippen molar-refractivity contribution < 1.29 is 14.2 Å². The number of ether oxygens (including phenoxy) is 3. The molecule has 1 saturated carbocycles. The lowest BCUT2D eigenvalue weighted by atomic mass is 9.86. The van der Waals surface area contributed by atoms with E-state index in [0.29, 0.717) is 19.8 Å². The van der Waals surface area contributed by atoms with E-state index in [9.17, 15) is 0 Å². The van der Waals surface area contributed by atoms with Crippen LogP contribution < -0.4 is 5.73 Å². The van der Waals surface area contributed by atoms with Crippen LogP contribution in [0.5, 0.6) is 0 Å². The summed E-state index contributed by atoms with van der Waals surface area (Å²) in [5.41, 5.74) is 7.08. The number of halogens is 1. The monoisotopic (exact) mass is 329 g/mol. The van der Waals surface area contributed by atoms with Crippen LogP contribution in [-0.2, 0) is 20.8 Å². The predicted octanol–water partition coefficient (Wildman–Crippen LogP) is 2.10. The first kappa shape index (κ1) is 14.9. The minimum absolute atomic E-state index is 0.0161. The Balaban J connectivity index is 1.78. The molecule has 0 amide bonds. The van der Waals surface area contributed by atoms with Crippen molar-refractivity contribution >= 4 is 15.9 Å². The fraction of sp³-hybridized carbons (Fsp3) is 0.571. The molecule has 1 aromatic rings. The molecule has 2 rings (SSSR count). The minimum Gasteiger partial charge on any atom is -0.382 e. The van der Waals surface area contributed by atoms with Gasteiger partial charge in [0.25, 0.3) is 0 Å². The van der Waals surface area contributed by atoms with Crippen LogP contribution in [0, 0.1) is 0 Å². The van der Waals surface area contributed by atoms with Crippen molar-refractivity contribution in [3.05, 3.63) is 34.3 Å². The van der Waals surface area contributed by atoms with Gasteiger partial charge >= 0.3 is 0 Å². The standard InChI is InChI=1S/C14H20BrNO3/c1-17-6-7-18-14-12(16)8-13(14)19-9-10-4-2-3-5-11(10)15/h2-5,12-14H,6-9,16H2,1H3. The molecule has 0 bridgehead atoms. The second kappa shape index (κ2) is 7.36. The lowest BCUT2D eigenvalue weighted by Gasteiger charge is -2.41. The normalized spacial score (nSPS) is 26.2. The molecule has 0 radical (unpaired) electrons. The maximum Gasteiger partial charge on any atom is 0.0989 e. The van der Waals surface area contributed by atoms with Gasteiger partial charge in [-0.25, -0.2) is 0 Å². The van der Waals surface area contributed by atoms with Gasteiger partial charge in [0.15, 0.2) is 0 Å². The Morgan fingerprint density at radius 1 is 1.26 bits per heavy atom.